The first-order chi connectivity index (χ1) is 9.25. The van der Waals surface area contributed by atoms with Crippen LogP contribution in [0.3, 0.4) is 0 Å². The summed E-state index contributed by atoms with van der Waals surface area (Å²) in [6.45, 7) is 0.688. The van der Waals surface area contributed by atoms with Gasteiger partial charge in [-0.25, -0.2) is 4.98 Å². The molecule has 0 bridgehead atoms. The molecule has 0 aliphatic rings. The maximum Gasteiger partial charge on any atom is 0.221 e. The van der Waals surface area contributed by atoms with Gasteiger partial charge >= 0.3 is 0 Å². The number of rotatable bonds is 6. The highest BCUT2D eigenvalue weighted by atomic mass is 16.3. The summed E-state index contributed by atoms with van der Waals surface area (Å²) >= 11 is 0. The highest BCUT2D eigenvalue weighted by molar-refractivity contribution is 5.75. The van der Waals surface area contributed by atoms with E-state index in [1.54, 1.807) is 11.0 Å². The van der Waals surface area contributed by atoms with E-state index in [0.29, 0.717) is 13.0 Å². The van der Waals surface area contributed by atoms with Gasteiger partial charge in [-0.2, -0.15) is 5.10 Å². The van der Waals surface area contributed by atoms with Crippen LogP contribution in [0, 0.1) is 0 Å². The number of hydrogen-bond donors (Lipinski definition) is 2. The lowest BCUT2D eigenvalue weighted by molar-refractivity contribution is -0.121. The van der Waals surface area contributed by atoms with Crippen molar-refractivity contribution < 1.29 is 9.90 Å². The first kappa shape index (κ1) is 13.2. The van der Waals surface area contributed by atoms with Gasteiger partial charge in [-0.15, -0.1) is 0 Å². The molecule has 19 heavy (non-hydrogen) atoms. The third-order valence-electron chi connectivity index (χ3n) is 2.71. The molecule has 2 N–H and O–H groups in total. The van der Waals surface area contributed by atoms with Crippen LogP contribution >= 0.6 is 0 Å². The second-order valence-electron chi connectivity index (χ2n) is 4.14. The van der Waals surface area contributed by atoms with Crippen molar-refractivity contribution in [1.29, 1.82) is 0 Å². The number of amides is 1. The molecule has 2 rings (SSSR count). The maximum absolute atomic E-state index is 11.6. The normalized spacial score (nSPS) is 12.1. The second kappa shape index (κ2) is 6.65. The fraction of sp³-hybridized carbons (Fsp3) is 0.308. The lowest BCUT2D eigenvalue weighted by Crippen LogP contribution is -2.29. The minimum absolute atomic E-state index is 0.120. The van der Waals surface area contributed by atoms with E-state index in [0.717, 1.165) is 5.56 Å². The topological polar surface area (TPSA) is 80.0 Å². The van der Waals surface area contributed by atoms with E-state index in [-0.39, 0.29) is 12.5 Å². The summed E-state index contributed by atoms with van der Waals surface area (Å²) in [5.41, 5.74) is 0.791. The number of nitrogens with zero attached hydrogens (tertiary/aromatic N) is 3. The molecular weight excluding hydrogens is 244 g/mol. The Kier molecular flexibility index (Phi) is 4.63. The third-order valence-corrected chi connectivity index (χ3v) is 2.71. The van der Waals surface area contributed by atoms with Crippen molar-refractivity contribution in [2.24, 2.45) is 0 Å². The standard InChI is InChI=1S/C13H16N4O2/c18-12(11-4-2-1-3-5-11)8-15-13(19)6-7-17-10-14-9-16-17/h1-5,9-10,12,18H,6-8H2,(H,15,19). The molecule has 0 radical (unpaired) electrons. The van der Waals surface area contributed by atoms with Gasteiger partial charge < -0.3 is 10.4 Å². The molecule has 0 aliphatic heterocycles. The van der Waals surface area contributed by atoms with Gasteiger partial charge in [0.05, 0.1) is 12.6 Å². The largest absolute Gasteiger partial charge is 0.387 e. The molecule has 100 valence electrons. The van der Waals surface area contributed by atoms with Crippen molar-refractivity contribution in [3.63, 3.8) is 0 Å². The number of hydrogen-bond acceptors (Lipinski definition) is 4. The van der Waals surface area contributed by atoms with Crippen LogP contribution in [-0.2, 0) is 11.3 Å². The number of aromatic nitrogens is 3. The Morgan fingerprint density at radius 1 is 1.37 bits per heavy atom. The molecule has 6 heteroatoms. The van der Waals surface area contributed by atoms with E-state index in [1.165, 1.54) is 6.33 Å². The minimum Gasteiger partial charge on any atom is -0.387 e. The molecule has 1 unspecified atom stereocenters. The van der Waals surface area contributed by atoms with Crippen molar-refractivity contribution >= 4 is 5.91 Å². The van der Waals surface area contributed by atoms with E-state index in [4.69, 9.17) is 0 Å². The summed E-state index contributed by atoms with van der Waals surface area (Å²) in [4.78, 5) is 15.4. The van der Waals surface area contributed by atoms with Gasteiger partial charge in [0, 0.05) is 13.0 Å². The summed E-state index contributed by atoms with van der Waals surface area (Å²) in [5, 5.41) is 16.5. The van der Waals surface area contributed by atoms with Crippen LogP contribution in [-0.4, -0.2) is 32.3 Å². The molecule has 1 heterocycles. The van der Waals surface area contributed by atoms with E-state index >= 15 is 0 Å². The summed E-state index contributed by atoms with van der Waals surface area (Å²) < 4.78 is 1.59. The SMILES string of the molecule is O=C(CCn1cncn1)NCC(O)c1ccccc1. The van der Waals surface area contributed by atoms with Crippen LogP contribution in [0.25, 0.3) is 0 Å². The van der Waals surface area contributed by atoms with E-state index < -0.39 is 6.10 Å². The average Bonchev–Trinajstić information content (AvgIpc) is 2.96. The Bertz CT molecular complexity index is 499. The first-order valence-corrected chi connectivity index (χ1v) is 6.08. The number of benzene rings is 1. The van der Waals surface area contributed by atoms with Gasteiger partial charge in [0.2, 0.25) is 5.91 Å². The highest BCUT2D eigenvalue weighted by Crippen LogP contribution is 2.10. The quantitative estimate of drug-likeness (QED) is 0.793. The Balaban J connectivity index is 1.71. The van der Waals surface area contributed by atoms with Crippen LogP contribution in [0.1, 0.15) is 18.1 Å². The fourth-order valence-corrected chi connectivity index (χ4v) is 1.66. The number of nitrogens with one attached hydrogen (secondary N) is 1. The first-order valence-electron chi connectivity index (χ1n) is 6.08. The molecule has 2 aromatic rings. The zero-order valence-corrected chi connectivity index (χ0v) is 10.4. The van der Waals surface area contributed by atoms with Gasteiger partial charge in [0.15, 0.2) is 0 Å². The molecule has 0 fully saturated rings. The lowest BCUT2D eigenvalue weighted by Gasteiger charge is -2.12. The smallest absolute Gasteiger partial charge is 0.221 e. The zero-order valence-electron chi connectivity index (χ0n) is 10.4. The average molecular weight is 260 g/mol. The second-order valence-corrected chi connectivity index (χ2v) is 4.14. The predicted octanol–water partition coefficient (Wildman–Crippen LogP) is 0.518. The summed E-state index contributed by atoms with van der Waals surface area (Å²) in [7, 11) is 0. The molecule has 1 atom stereocenters. The molecule has 1 aromatic heterocycles. The van der Waals surface area contributed by atoms with E-state index in [1.807, 2.05) is 30.3 Å². The maximum atomic E-state index is 11.6. The molecule has 1 aromatic carbocycles. The molecule has 6 nitrogen and oxygen atoms in total. The van der Waals surface area contributed by atoms with Crippen molar-refractivity contribution in [1.82, 2.24) is 20.1 Å². The minimum atomic E-state index is -0.684. The van der Waals surface area contributed by atoms with Crippen molar-refractivity contribution in [3.8, 4) is 0 Å². The van der Waals surface area contributed by atoms with E-state index in [2.05, 4.69) is 15.4 Å². The van der Waals surface area contributed by atoms with Crippen LogP contribution in [0.4, 0.5) is 0 Å². The summed E-state index contributed by atoms with van der Waals surface area (Å²) in [6, 6.07) is 9.24. The van der Waals surface area contributed by atoms with Crippen LogP contribution < -0.4 is 5.32 Å². The Labute approximate surface area is 111 Å². The number of aliphatic hydroxyl groups is 1. The monoisotopic (exact) mass is 260 g/mol. The highest BCUT2D eigenvalue weighted by Gasteiger charge is 2.09. The Hall–Kier alpha value is -2.21. The molecule has 0 spiro atoms. The zero-order chi connectivity index (χ0) is 13.5. The molecular formula is C13H16N4O2. The number of carbonyl (C=O) groups excluding carboxylic acids is 1. The van der Waals surface area contributed by atoms with Crippen molar-refractivity contribution in [2.45, 2.75) is 19.1 Å². The van der Waals surface area contributed by atoms with Gasteiger partial charge in [-0.05, 0) is 5.56 Å². The van der Waals surface area contributed by atoms with Crippen LogP contribution in [0.5, 0.6) is 0 Å². The molecule has 1 amide bonds. The van der Waals surface area contributed by atoms with Gasteiger partial charge in [0.1, 0.15) is 12.7 Å². The summed E-state index contributed by atoms with van der Waals surface area (Å²) in [6.07, 6.45) is 2.62. The number of carbonyl (C=O) groups is 1. The molecule has 0 saturated heterocycles. The Morgan fingerprint density at radius 3 is 2.84 bits per heavy atom. The van der Waals surface area contributed by atoms with Crippen LogP contribution in [0.15, 0.2) is 43.0 Å². The van der Waals surface area contributed by atoms with Gasteiger partial charge in [0.25, 0.3) is 0 Å². The predicted molar refractivity (Wildman–Crippen MR) is 69.1 cm³/mol. The van der Waals surface area contributed by atoms with Crippen molar-refractivity contribution in [3.05, 3.63) is 48.5 Å². The van der Waals surface area contributed by atoms with E-state index in [9.17, 15) is 9.90 Å². The van der Waals surface area contributed by atoms with Gasteiger partial charge in [-0.3, -0.25) is 9.48 Å². The Morgan fingerprint density at radius 2 is 2.16 bits per heavy atom. The lowest BCUT2D eigenvalue weighted by atomic mass is 10.1. The van der Waals surface area contributed by atoms with Crippen LogP contribution in [0.2, 0.25) is 0 Å². The summed E-state index contributed by atoms with van der Waals surface area (Å²) in [5.74, 6) is -0.120. The molecule has 0 aliphatic carbocycles. The third kappa shape index (κ3) is 4.18. The van der Waals surface area contributed by atoms with Crippen molar-refractivity contribution in [2.75, 3.05) is 6.54 Å². The van der Waals surface area contributed by atoms with Gasteiger partial charge in [-0.1, -0.05) is 30.3 Å². The number of aliphatic hydroxyl groups excluding tert-OH is 1. The number of aryl methyl sites for hydroxylation is 1. The molecule has 0 saturated carbocycles. The fourth-order valence-electron chi connectivity index (χ4n) is 1.66.